The van der Waals surface area contributed by atoms with Crippen LogP contribution in [0.2, 0.25) is 0 Å². The van der Waals surface area contributed by atoms with Crippen molar-refractivity contribution < 1.29 is 17.6 Å². The lowest BCUT2D eigenvalue weighted by molar-refractivity contribution is -0.116. The Morgan fingerprint density at radius 2 is 2.10 bits per heavy atom. The van der Waals surface area contributed by atoms with Gasteiger partial charge < -0.3 is 9.88 Å². The van der Waals surface area contributed by atoms with Crippen molar-refractivity contribution in [3.8, 4) is 0 Å². The van der Waals surface area contributed by atoms with Crippen LogP contribution in [0.3, 0.4) is 0 Å². The highest BCUT2D eigenvalue weighted by Gasteiger charge is 2.23. The van der Waals surface area contributed by atoms with Crippen molar-refractivity contribution in [1.82, 2.24) is 14.7 Å². The van der Waals surface area contributed by atoms with E-state index in [1.54, 1.807) is 23.1 Å². The van der Waals surface area contributed by atoms with E-state index in [0.29, 0.717) is 29.8 Å². The summed E-state index contributed by atoms with van der Waals surface area (Å²) in [4.78, 5) is 20.9. The number of carbonyl (C=O) groups is 1. The van der Waals surface area contributed by atoms with Crippen molar-refractivity contribution in [3.63, 3.8) is 0 Å². The van der Waals surface area contributed by atoms with Gasteiger partial charge >= 0.3 is 0 Å². The van der Waals surface area contributed by atoms with Gasteiger partial charge in [-0.15, -0.1) is 0 Å². The molecule has 0 saturated heterocycles. The Hall–Kier alpha value is -2.78. The Labute approximate surface area is 168 Å². The SMILES string of the molecule is CC(=O)N1CCCc2cc(S(=O)(=O)NCCc3nc4ccc(F)cc4[nH]3)ccc21. The van der Waals surface area contributed by atoms with Crippen LogP contribution in [0.5, 0.6) is 0 Å². The molecule has 0 radical (unpaired) electrons. The Morgan fingerprint density at radius 1 is 1.28 bits per heavy atom. The highest BCUT2D eigenvalue weighted by atomic mass is 32.2. The largest absolute Gasteiger partial charge is 0.342 e. The zero-order valence-corrected chi connectivity index (χ0v) is 16.7. The van der Waals surface area contributed by atoms with E-state index in [-0.39, 0.29) is 23.2 Å². The summed E-state index contributed by atoms with van der Waals surface area (Å²) in [7, 11) is -3.69. The van der Waals surface area contributed by atoms with E-state index in [9.17, 15) is 17.6 Å². The van der Waals surface area contributed by atoms with Gasteiger partial charge in [-0.2, -0.15) is 0 Å². The average Bonchev–Trinajstić information content (AvgIpc) is 3.08. The molecule has 0 saturated carbocycles. The van der Waals surface area contributed by atoms with Gasteiger partial charge in [0, 0.05) is 32.1 Å². The number of nitrogens with one attached hydrogen (secondary N) is 2. The molecule has 2 N–H and O–H groups in total. The van der Waals surface area contributed by atoms with Crippen LogP contribution in [-0.4, -0.2) is 37.4 Å². The number of H-pyrrole nitrogens is 1. The second-order valence-corrected chi connectivity index (χ2v) is 8.82. The number of hydrogen-bond acceptors (Lipinski definition) is 4. The highest BCUT2D eigenvalue weighted by Crippen LogP contribution is 2.29. The summed E-state index contributed by atoms with van der Waals surface area (Å²) in [6, 6.07) is 9.11. The van der Waals surface area contributed by atoms with Gasteiger partial charge in [0.25, 0.3) is 0 Å². The minimum Gasteiger partial charge on any atom is -0.342 e. The van der Waals surface area contributed by atoms with Gasteiger partial charge in [0.05, 0.1) is 15.9 Å². The molecule has 2 heterocycles. The molecule has 7 nitrogen and oxygen atoms in total. The Bertz CT molecular complexity index is 1190. The lowest BCUT2D eigenvalue weighted by Crippen LogP contribution is -2.34. The molecule has 1 aliphatic heterocycles. The molecule has 152 valence electrons. The first-order valence-corrected chi connectivity index (χ1v) is 10.9. The third-order valence-corrected chi connectivity index (χ3v) is 6.47. The maximum absolute atomic E-state index is 13.3. The molecule has 0 spiro atoms. The predicted octanol–water partition coefficient (Wildman–Crippen LogP) is 2.52. The molecule has 0 atom stereocenters. The molecule has 4 rings (SSSR count). The van der Waals surface area contributed by atoms with Crippen LogP contribution in [0.25, 0.3) is 11.0 Å². The van der Waals surface area contributed by atoms with Crippen molar-refractivity contribution in [2.75, 3.05) is 18.0 Å². The predicted molar refractivity (Wildman–Crippen MR) is 108 cm³/mol. The standard InChI is InChI=1S/C20H21FN4O3S/c1-13(26)25-10-2-3-14-11-16(5-7-19(14)25)29(27,28)22-9-8-20-23-17-6-4-15(21)12-18(17)24-20/h4-7,11-12,22H,2-3,8-10H2,1H3,(H,23,24). The molecular weight excluding hydrogens is 395 g/mol. The van der Waals surface area contributed by atoms with Gasteiger partial charge in [-0.25, -0.2) is 22.5 Å². The maximum atomic E-state index is 13.3. The van der Waals surface area contributed by atoms with Gasteiger partial charge in [-0.05, 0) is 54.8 Å². The van der Waals surface area contributed by atoms with Crippen molar-refractivity contribution in [3.05, 3.63) is 53.6 Å². The van der Waals surface area contributed by atoms with Gasteiger partial charge in [0.1, 0.15) is 11.6 Å². The molecule has 3 aromatic rings. The topological polar surface area (TPSA) is 95.2 Å². The Balaban J connectivity index is 1.46. The molecule has 1 aromatic heterocycles. The maximum Gasteiger partial charge on any atom is 0.240 e. The number of halogens is 1. The first kappa shape index (κ1) is 19.5. The summed E-state index contributed by atoms with van der Waals surface area (Å²) >= 11 is 0. The fourth-order valence-electron chi connectivity index (χ4n) is 3.61. The quantitative estimate of drug-likeness (QED) is 0.668. The van der Waals surface area contributed by atoms with E-state index in [1.807, 2.05) is 0 Å². The van der Waals surface area contributed by atoms with E-state index in [2.05, 4.69) is 14.7 Å². The highest BCUT2D eigenvalue weighted by molar-refractivity contribution is 7.89. The summed E-state index contributed by atoms with van der Waals surface area (Å²) in [5.41, 5.74) is 2.84. The number of aromatic nitrogens is 2. The van der Waals surface area contributed by atoms with Gasteiger partial charge in [0.15, 0.2) is 0 Å². The average molecular weight is 416 g/mol. The Kier molecular flexibility index (Phi) is 5.10. The molecular formula is C20H21FN4O3S. The van der Waals surface area contributed by atoms with E-state index >= 15 is 0 Å². The van der Waals surface area contributed by atoms with Crippen LogP contribution in [0.15, 0.2) is 41.3 Å². The summed E-state index contributed by atoms with van der Waals surface area (Å²) in [5.74, 6) is 0.172. The van der Waals surface area contributed by atoms with Crippen molar-refractivity contribution >= 4 is 32.7 Å². The summed E-state index contributed by atoms with van der Waals surface area (Å²) in [6.45, 7) is 2.31. The summed E-state index contributed by atoms with van der Waals surface area (Å²) in [6.07, 6.45) is 1.88. The molecule has 1 aliphatic rings. The molecule has 2 aromatic carbocycles. The van der Waals surface area contributed by atoms with Crippen LogP contribution in [0.1, 0.15) is 24.7 Å². The molecule has 0 fully saturated rings. The lowest BCUT2D eigenvalue weighted by atomic mass is 10.0. The van der Waals surface area contributed by atoms with Crippen LogP contribution < -0.4 is 9.62 Å². The fraction of sp³-hybridized carbons (Fsp3) is 0.300. The first-order chi connectivity index (χ1) is 13.8. The lowest BCUT2D eigenvalue weighted by Gasteiger charge is -2.28. The third-order valence-electron chi connectivity index (χ3n) is 5.01. The molecule has 0 bridgehead atoms. The van der Waals surface area contributed by atoms with Crippen LogP contribution in [-0.2, 0) is 27.7 Å². The van der Waals surface area contributed by atoms with E-state index in [0.717, 1.165) is 24.1 Å². The number of aryl methyl sites for hydroxylation is 1. The number of nitrogens with zero attached hydrogens (tertiary/aromatic N) is 2. The van der Waals surface area contributed by atoms with Crippen LogP contribution in [0.4, 0.5) is 10.1 Å². The number of hydrogen-bond donors (Lipinski definition) is 2. The number of imidazole rings is 1. The number of benzene rings is 2. The van der Waals surface area contributed by atoms with Gasteiger partial charge in [-0.1, -0.05) is 0 Å². The normalized spacial score (nSPS) is 14.2. The van der Waals surface area contributed by atoms with Crippen molar-refractivity contribution in [2.24, 2.45) is 0 Å². The number of carbonyl (C=O) groups excluding carboxylic acids is 1. The third kappa shape index (κ3) is 4.01. The van der Waals surface area contributed by atoms with Crippen molar-refractivity contribution in [1.29, 1.82) is 0 Å². The van der Waals surface area contributed by atoms with Gasteiger partial charge in [-0.3, -0.25) is 4.79 Å². The van der Waals surface area contributed by atoms with E-state index in [4.69, 9.17) is 0 Å². The molecule has 29 heavy (non-hydrogen) atoms. The Morgan fingerprint density at radius 3 is 2.90 bits per heavy atom. The smallest absolute Gasteiger partial charge is 0.240 e. The summed E-state index contributed by atoms with van der Waals surface area (Å²) in [5, 5.41) is 0. The number of aromatic amines is 1. The number of sulfonamides is 1. The minimum atomic E-state index is -3.69. The zero-order valence-electron chi connectivity index (χ0n) is 15.9. The number of anilines is 1. The van der Waals surface area contributed by atoms with E-state index in [1.165, 1.54) is 25.1 Å². The molecule has 1 amide bonds. The number of rotatable bonds is 5. The molecule has 0 unspecified atom stereocenters. The second-order valence-electron chi connectivity index (χ2n) is 7.06. The molecule has 0 aliphatic carbocycles. The van der Waals surface area contributed by atoms with Crippen LogP contribution >= 0.6 is 0 Å². The minimum absolute atomic E-state index is 0.0506. The number of amides is 1. The van der Waals surface area contributed by atoms with E-state index < -0.39 is 10.0 Å². The zero-order chi connectivity index (χ0) is 20.6. The fourth-order valence-corrected chi connectivity index (χ4v) is 4.69. The van der Waals surface area contributed by atoms with Crippen molar-refractivity contribution in [2.45, 2.75) is 31.1 Å². The molecule has 9 heteroatoms. The van der Waals surface area contributed by atoms with Crippen LogP contribution in [0, 0.1) is 5.82 Å². The monoisotopic (exact) mass is 416 g/mol. The second kappa shape index (κ2) is 7.57. The van der Waals surface area contributed by atoms with Gasteiger partial charge in [0.2, 0.25) is 15.9 Å². The summed E-state index contributed by atoms with van der Waals surface area (Å²) < 4.78 is 41.2. The number of fused-ring (bicyclic) bond motifs is 2. The first-order valence-electron chi connectivity index (χ1n) is 9.38.